The number of hydrogen-bond acceptors (Lipinski definition) is 5. The highest BCUT2D eigenvalue weighted by Crippen LogP contribution is 2.36. The van der Waals surface area contributed by atoms with E-state index in [-0.39, 0.29) is 12.1 Å². The molecule has 3 aromatic heterocycles. The average Bonchev–Trinajstić information content (AvgIpc) is 3.49. The molecule has 5 rings (SSSR count). The first-order valence-electron chi connectivity index (χ1n) is 10.6. The Morgan fingerprint density at radius 2 is 1.86 bits per heavy atom. The lowest BCUT2D eigenvalue weighted by Gasteiger charge is -2.34. The Balaban J connectivity index is 1.62. The molecule has 3 heterocycles. The highest BCUT2D eigenvalue weighted by Gasteiger charge is 2.41. The zero-order valence-corrected chi connectivity index (χ0v) is 19.1. The molecule has 0 aliphatic carbocycles. The summed E-state index contributed by atoms with van der Waals surface area (Å²) in [6.45, 7) is 1.27. The van der Waals surface area contributed by atoms with E-state index in [0.717, 1.165) is 27.9 Å². The van der Waals surface area contributed by atoms with Crippen LogP contribution in [0.25, 0.3) is 16.6 Å². The van der Waals surface area contributed by atoms with Crippen molar-refractivity contribution in [3.8, 4) is 11.1 Å². The van der Waals surface area contributed by atoms with E-state index < -0.39 is 29.0 Å². The summed E-state index contributed by atoms with van der Waals surface area (Å²) in [5.74, 6) is -1.75. The smallest absolute Gasteiger partial charge is 0.349 e. The van der Waals surface area contributed by atoms with Crippen LogP contribution >= 0.6 is 11.6 Å². The number of benzene rings is 2. The first-order chi connectivity index (χ1) is 16.8. The Kier molecular flexibility index (Phi) is 5.70. The Bertz CT molecular complexity index is 1570. The number of aliphatic hydroxyl groups is 1. The van der Waals surface area contributed by atoms with Crippen molar-refractivity contribution in [2.45, 2.75) is 25.1 Å². The van der Waals surface area contributed by atoms with Crippen LogP contribution in [0.1, 0.15) is 18.5 Å². The Morgan fingerprint density at radius 1 is 1.09 bits per heavy atom. The van der Waals surface area contributed by atoms with Crippen LogP contribution < -0.4 is 5.69 Å². The number of halogens is 3. The van der Waals surface area contributed by atoms with Gasteiger partial charge in [-0.2, -0.15) is 10.2 Å². The lowest BCUT2D eigenvalue weighted by Crippen LogP contribution is -2.45. The van der Waals surface area contributed by atoms with Crippen molar-refractivity contribution >= 4 is 17.1 Å². The summed E-state index contributed by atoms with van der Waals surface area (Å²) in [7, 11) is 0. The highest BCUT2D eigenvalue weighted by atomic mass is 35.5. The monoisotopic (exact) mass is 496 g/mol. The summed E-state index contributed by atoms with van der Waals surface area (Å²) in [5, 5.41) is 20.6. The normalized spacial score (nSPS) is 14.2. The third kappa shape index (κ3) is 4.11. The molecule has 0 amide bonds. The molecule has 0 bridgehead atoms. The summed E-state index contributed by atoms with van der Waals surface area (Å²) >= 11 is 5.97. The van der Waals surface area contributed by atoms with Gasteiger partial charge in [-0.1, -0.05) is 29.8 Å². The van der Waals surface area contributed by atoms with Gasteiger partial charge in [0.1, 0.15) is 29.9 Å². The second kappa shape index (κ2) is 8.71. The van der Waals surface area contributed by atoms with Crippen molar-refractivity contribution < 1.29 is 13.9 Å². The van der Waals surface area contributed by atoms with Crippen molar-refractivity contribution in [1.82, 2.24) is 28.9 Å². The van der Waals surface area contributed by atoms with Crippen molar-refractivity contribution in [3.63, 3.8) is 0 Å². The maximum Gasteiger partial charge on any atom is 0.349 e. The van der Waals surface area contributed by atoms with Crippen LogP contribution in [-0.2, 0) is 12.1 Å². The fourth-order valence-corrected chi connectivity index (χ4v) is 4.26. The van der Waals surface area contributed by atoms with Crippen molar-refractivity contribution in [3.05, 3.63) is 106 Å². The van der Waals surface area contributed by atoms with E-state index in [1.165, 1.54) is 34.9 Å². The summed E-state index contributed by atoms with van der Waals surface area (Å²) in [4.78, 5) is 17.3. The third-order valence-electron chi connectivity index (χ3n) is 6.07. The number of nitrogens with zero attached hydrogens (tertiary/aromatic N) is 6. The van der Waals surface area contributed by atoms with Crippen LogP contribution in [0, 0.1) is 11.6 Å². The van der Waals surface area contributed by atoms with Gasteiger partial charge in [-0.25, -0.2) is 27.9 Å². The Hall–Kier alpha value is -3.89. The molecule has 8 nitrogen and oxygen atoms in total. The molecule has 35 heavy (non-hydrogen) atoms. The minimum absolute atomic E-state index is 0.204. The maximum absolute atomic E-state index is 14.9. The van der Waals surface area contributed by atoms with Crippen molar-refractivity contribution in [2.24, 2.45) is 0 Å². The predicted octanol–water partition coefficient (Wildman–Crippen LogP) is 3.84. The summed E-state index contributed by atoms with van der Waals surface area (Å²) in [6.07, 6.45) is 5.75. The van der Waals surface area contributed by atoms with Gasteiger partial charge < -0.3 is 5.11 Å². The molecule has 178 valence electrons. The SMILES string of the molecule is C[C@@H](n1ncc2cc(-c3ccc(Cl)cc3)cn2c1=O)[C@](O)(Cn1cncn1)c1ccc(F)cc1F. The molecule has 0 aliphatic heterocycles. The quantitative estimate of drug-likeness (QED) is 0.386. The lowest BCUT2D eigenvalue weighted by atomic mass is 9.86. The fraction of sp³-hybridized carbons (Fsp3) is 0.167. The van der Waals surface area contributed by atoms with E-state index in [1.807, 2.05) is 12.1 Å². The Labute approximate surface area is 202 Å². The number of hydrogen-bond donors (Lipinski definition) is 1. The van der Waals surface area contributed by atoms with E-state index in [0.29, 0.717) is 16.6 Å². The molecule has 0 spiro atoms. The van der Waals surface area contributed by atoms with E-state index in [1.54, 1.807) is 24.4 Å². The first-order valence-corrected chi connectivity index (χ1v) is 11.0. The van der Waals surface area contributed by atoms with Crippen LogP contribution in [-0.4, -0.2) is 34.1 Å². The molecule has 0 radical (unpaired) electrons. The molecule has 0 aliphatic rings. The second-order valence-electron chi connectivity index (χ2n) is 8.22. The number of rotatable bonds is 6. The largest absolute Gasteiger partial charge is 0.381 e. The standard InChI is InChI=1S/C24H19ClF2N6O2/c1-15(24(35,12-31-14-28-13-30-31)21-7-6-19(26)9-22(21)27)33-23(34)32-11-17(8-20(32)10-29-33)16-2-4-18(25)5-3-16/h2-11,13-15,35H,12H2,1H3/t15-,24-/m1/s1. The van der Waals surface area contributed by atoms with E-state index in [4.69, 9.17) is 11.6 Å². The molecule has 0 saturated carbocycles. The van der Waals surface area contributed by atoms with E-state index in [2.05, 4.69) is 15.2 Å². The van der Waals surface area contributed by atoms with Crippen LogP contribution in [0.2, 0.25) is 5.02 Å². The van der Waals surface area contributed by atoms with Crippen LogP contribution in [0.5, 0.6) is 0 Å². The van der Waals surface area contributed by atoms with Crippen molar-refractivity contribution in [2.75, 3.05) is 0 Å². The molecular weight excluding hydrogens is 478 g/mol. The molecule has 2 atom stereocenters. The fourth-order valence-electron chi connectivity index (χ4n) is 4.14. The highest BCUT2D eigenvalue weighted by molar-refractivity contribution is 6.30. The van der Waals surface area contributed by atoms with Gasteiger partial charge in [0.25, 0.3) is 0 Å². The van der Waals surface area contributed by atoms with Gasteiger partial charge in [0.05, 0.1) is 24.3 Å². The minimum Gasteiger partial charge on any atom is -0.381 e. The summed E-state index contributed by atoms with van der Waals surface area (Å²) in [5.41, 5.74) is -0.611. The number of aromatic nitrogens is 6. The summed E-state index contributed by atoms with van der Waals surface area (Å²) < 4.78 is 32.2. The van der Waals surface area contributed by atoms with Crippen LogP contribution in [0.15, 0.2) is 78.4 Å². The van der Waals surface area contributed by atoms with Gasteiger partial charge in [0, 0.05) is 28.4 Å². The van der Waals surface area contributed by atoms with Crippen LogP contribution in [0.3, 0.4) is 0 Å². The first kappa shape index (κ1) is 22.9. The van der Waals surface area contributed by atoms with E-state index >= 15 is 0 Å². The number of fused-ring (bicyclic) bond motifs is 1. The van der Waals surface area contributed by atoms with Gasteiger partial charge in [0.2, 0.25) is 0 Å². The van der Waals surface area contributed by atoms with Gasteiger partial charge >= 0.3 is 5.69 Å². The topological polar surface area (TPSA) is 90.2 Å². The third-order valence-corrected chi connectivity index (χ3v) is 6.32. The van der Waals surface area contributed by atoms with E-state index in [9.17, 15) is 18.7 Å². The molecule has 0 fully saturated rings. The van der Waals surface area contributed by atoms with Gasteiger partial charge in [-0.05, 0) is 36.8 Å². The molecule has 5 aromatic rings. The molecule has 2 aromatic carbocycles. The lowest BCUT2D eigenvalue weighted by molar-refractivity contribution is -0.0390. The van der Waals surface area contributed by atoms with Crippen LogP contribution in [0.4, 0.5) is 8.78 Å². The zero-order valence-electron chi connectivity index (χ0n) is 18.4. The summed E-state index contributed by atoms with van der Waals surface area (Å²) in [6, 6.07) is 10.8. The molecular formula is C24H19ClF2N6O2. The predicted molar refractivity (Wildman–Crippen MR) is 125 cm³/mol. The molecule has 1 N–H and O–H groups in total. The maximum atomic E-state index is 14.9. The average molecular weight is 497 g/mol. The zero-order chi connectivity index (χ0) is 24.7. The van der Waals surface area contributed by atoms with Gasteiger partial charge in [-0.15, -0.1) is 0 Å². The molecule has 0 unspecified atom stereocenters. The molecule has 11 heteroatoms. The van der Waals surface area contributed by atoms with Gasteiger partial charge in [-0.3, -0.25) is 4.40 Å². The van der Waals surface area contributed by atoms with Crippen molar-refractivity contribution in [1.29, 1.82) is 0 Å². The van der Waals surface area contributed by atoms with Gasteiger partial charge in [0.15, 0.2) is 0 Å². The molecule has 0 saturated heterocycles. The minimum atomic E-state index is -2.03. The Morgan fingerprint density at radius 3 is 2.54 bits per heavy atom. The second-order valence-corrected chi connectivity index (χ2v) is 8.66.